The second-order valence-electron chi connectivity index (χ2n) is 4.43. The van der Waals surface area contributed by atoms with Gasteiger partial charge in [0.2, 0.25) is 0 Å². The smallest absolute Gasteiger partial charge is 0.158 e. The summed E-state index contributed by atoms with van der Waals surface area (Å²) in [7, 11) is 1.67. The van der Waals surface area contributed by atoms with Crippen molar-refractivity contribution in [3.8, 4) is 5.75 Å². The normalized spacial score (nSPS) is 10.7. The summed E-state index contributed by atoms with van der Waals surface area (Å²) in [6, 6.07) is 7.88. The van der Waals surface area contributed by atoms with Crippen LogP contribution in [0.2, 0.25) is 0 Å². The zero-order valence-corrected chi connectivity index (χ0v) is 11.3. The lowest BCUT2D eigenvalue weighted by molar-refractivity contribution is 0.410. The van der Waals surface area contributed by atoms with Crippen LogP contribution in [0.3, 0.4) is 0 Å². The first-order valence-corrected chi connectivity index (χ1v) is 6.31. The third-order valence-corrected chi connectivity index (χ3v) is 3.15. The molecule has 6 nitrogen and oxygen atoms in total. The number of benzene rings is 1. The molecule has 102 valence electrons. The fourth-order valence-electron chi connectivity index (χ4n) is 2.11. The van der Waals surface area contributed by atoms with Gasteiger partial charge in [0.1, 0.15) is 17.6 Å². The largest absolute Gasteiger partial charge is 0.496 e. The number of rotatable bonds is 4. The average Bonchev–Trinajstić information content (AvgIpc) is 2.88. The van der Waals surface area contributed by atoms with Crippen LogP contribution in [0.5, 0.6) is 5.75 Å². The van der Waals surface area contributed by atoms with Crippen LogP contribution in [0, 0.1) is 6.92 Å². The van der Waals surface area contributed by atoms with E-state index in [9.17, 15) is 0 Å². The highest BCUT2D eigenvalue weighted by Crippen LogP contribution is 2.22. The predicted molar refractivity (Wildman–Crippen MR) is 76.7 cm³/mol. The number of nitrogens with zero attached hydrogens (tertiary/aromatic N) is 3. The SMILES string of the molecule is COc1ccccc1CNc1ncnc2c(C)[nH]nc12. The molecule has 20 heavy (non-hydrogen) atoms. The molecule has 0 unspecified atom stereocenters. The molecule has 0 aliphatic carbocycles. The van der Waals surface area contributed by atoms with Crippen molar-refractivity contribution in [1.29, 1.82) is 0 Å². The Labute approximate surface area is 116 Å². The van der Waals surface area contributed by atoms with Gasteiger partial charge in [0.25, 0.3) is 0 Å². The van der Waals surface area contributed by atoms with Gasteiger partial charge in [-0.25, -0.2) is 9.97 Å². The molecule has 2 heterocycles. The molecule has 3 rings (SSSR count). The molecule has 0 atom stereocenters. The minimum absolute atomic E-state index is 0.613. The topological polar surface area (TPSA) is 75.7 Å². The Morgan fingerprint density at radius 1 is 1.20 bits per heavy atom. The van der Waals surface area contributed by atoms with Gasteiger partial charge in [-0.3, -0.25) is 5.10 Å². The predicted octanol–water partition coefficient (Wildman–Crippen LogP) is 2.28. The Balaban J connectivity index is 1.87. The Bertz CT molecular complexity index is 737. The number of anilines is 1. The van der Waals surface area contributed by atoms with Gasteiger partial charge >= 0.3 is 0 Å². The summed E-state index contributed by atoms with van der Waals surface area (Å²) in [5.74, 6) is 1.56. The summed E-state index contributed by atoms with van der Waals surface area (Å²) in [4.78, 5) is 8.47. The zero-order chi connectivity index (χ0) is 13.9. The lowest BCUT2D eigenvalue weighted by Gasteiger charge is -2.09. The highest BCUT2D eigenvalue weighted by atomic mass is 16.5. The maximum atomic E-state index is 5.33. The van der Waals surface area contributed by atoms with Gasteiger partial charge in [-0.15, -0.1) is 0 Å². The van der Waals surface area contributed by atoms with E-state index in [-0.39, 0.29) is 0 Å². The van der Waals surface area contributed by atoms with Gasteiger partial charge in [-0.1, -0.05) is 18.2 Å². The Kier molecular flexibility index (Phi) is 3.20. The molecule has 0 amide bonds. The van der Waals surface area contributed by atoms with E-state index in [1.165, 1.54) is 6.33 Å². The van der Waals surface area contributed by atoms with Crippen molar-refractivity contribution in [2.75, 3.05) is 12.4 Å². The van der Waals surface area contributed by atoms with Crippen LogP contribution >= 0.6 is 0 Å². The molecule has 0 saturated heterocycles. The van der Waals surface area contributed by atoms with E-state index >= 15 is 0 Å². The molecule has 0 radical (unpaired) electrons. The number of hydrogen-bond acceptors (Lipinski definition) is 5. The Morgan fingerprint density at radius 3 is 2.90 bits per heavy atom. The second kappa shape index (κ2) is 5.16. The molecule has 2 N–H and O–H groups in total. The number of hydrogen-bond donors (Lipinski definition) is 2. The number of methoxy groups -OCH3 is 1. The average molecular weight is 269 g/mol. The lowest BCUT2D eigenvalue weighted by atomic mass is 10.2. The molecule has 0 aliphatic rings. The van der Waals surface area contributed by atoms with Crippen molar-refractivity contribution in [3.05, 3.63) is 41.9 Å². The first-order valence-electron chi connectivity index (χ1n) is 6.31. The summed E-state index contributed by atoms with van der Waals surface area (Å²) in [5, 5.41) is 10.4. The van der Waals surface area contributed by atoms with Crippen molar-refractivity contribution >= 4 is 16.9 Å². The molecule has 1 aromatic carbocycles. The quantitative estimate of drug-likeness (QED) is 0.760. The standard InChI is InChI=1S/C14H15N5O/c1-9-12-13(19-18-9)14(17-8-16-12)15-7-10-5-3-4-6-11(10)20-2/h3-6,8H,7H2,1-2H3,(H,18,19)(H,15,16,17). The maximum Gasteiger partial charge on any atom is 0.158 e. The second-order valence-corrected chi connectivity index (χ2v) is 4.43. The highest BCUT2D eigenvalue weighted by Gasteiger charge is 2.09. The molecule has 0 bridgehead atoms. The van der Waals surface area contributed by atoms with Crippen LogP contribution in [-0.4, -0.2) is 27.3 Å². The summed E-state index contributed by atoms with van der Waals surface area (Å²) >= 11 is 0. The van der Waals surface area contributed by atoms with Gasteiger partial charge in [-0.2, -0.15) is 5.10 Å². The number of nitrogens with one attached hydrogen (secondary N) is 2. The molecule has 0 aliphatic heterocycles. The fraction of sp³-hybridized carbons (Fsp3) is 0.214. The van der Waals surface area contributed by atoms with Crippen molar-refractivity contribution in [2.45, 2.75) is 13.5 Å². The van der Waals surface area contributed by atoms with E-state index in [0.29, 0.717) is 12.4 Å². The third-order valence-electron chi connectivity index (χ3n) is 3.15. The molecular formula is C14H15N5O. The fourth-order valence-corrected chi connectivity index (χ4v) is 2.11. The van der Waals surface area contributed by atoms with Gasteiger partial charge in [0, 0.05) is 12.1 Å². The van der Waals surface area contributed by atoms with E-state index in [1.54, 1.807) is 7.11 Å². The van der Waals surface area contributed by atoms with Gasteiger partial charge in [0.15, 0.2) is 11.3 Å². The number of aryl methyl sites for hydroxylation is 1. The van der Waals surface area contributed by atoms with Crippen LogP contribution in [0.15, 0.2) is 30.6 Å². The molecule has 3 aromatic rings. The number of H-pyrrole nitrogens is 1. The van der Waals surface area contributed by atoms with Crippen LogP contribution < -0.4 is 10.1 Å². The van der Waals surface area contributed by atoms with Crippen LogP contribution in [-0.2, 0) is 6.54 Å². The molecule has 0 saturated carbocycles. The van der Waals surface area contributed by atoms with E-state index in [4.69, 9.17) is 4.74 Å². The van der Waals surface area contributed by atoms with Crippen molar-refractivity contribution in [3.63, 3.8) is 0 Å². The molecule has 0 fully saturated rings. The third kappa shape index (κ3) is 2.16. The number of ether oxygens (including phenoxy) is 1. The number of fused-ring (bicyclic) bond motifs is 1. The molecule has 6 heteroatoms. The van der Waals surface area contributed by atoms with Crippen LogP contribution in [0.1, 0.15) is 11.3 Å². The molecule has 2 aromatic heterocycles. The van der Waals surface area contributed by atoms with Crippen molar-refractivity contribution < 1.29 is 4.74 Å². The number of para-hydroxylation sites is 1. The van der Waals surface area contributed by atoms with Crippen molar-refractivity contribution in [1.82, 2.24) is 20.2 Å². The summed E-state index contributed by atoms with van der Waals surface area (Å²) < 4.78 is 5.33. The minimum atomic E-state index is 0.613. The summed E-state index contributed by atoms with van der Waals surface area (Å²) in [5.41, 5.74) is 3.58. The van der Waals surface area contributed by atoms with E-state index in [2.05, 4.69) is 25.5 Å². The number of aromatic nitrogens is 4. The van der Waals surface area contributed by atoms with E-state index in [0.717, 1.165) is 28.0 Å². The lowest BCUT2D eigenvalue weighted by Crippen LogP contribution is -2.04. The summed E-state index contributed by atoms with van der Waals surface area (Å²) in [6.45, 7) is 2.55. The van der Waals surface area contributed by atoms with Gasteiger partial charge in [-0.05, 0) is 13.0 Å². The minimum Gasteiger partial charge on any atom is -0.496 e. The van der Waals surface area contributed by atoms with E-state index in [1.807, 2.05) is 31.2 Å². The monoisotopic (exact) mass is 269 g/mol. The van der Waals surface area contributed by atoms with Crippen LogP contribution in [0.25, 0.3) is 11.0 Å². The molecular weight excluding hydrogens is 254 g/mol. The summed E-state index contributed by atoms with van der Waals surface area (Å²) in [6.07, 6.45) is 1.54. The van der Waals surface area contributed by atoms with Gasteiger partial charge in [0.05, 0.1) is 12.8 Å². The zero-order valence-electron chi connectivity index (χ0n) is 11.3. The van der Waals surface area contributed by atoms with Crippen LogP contribution in [0.4, 0.5) is 5.82 Å². The maximum absolute atomic E-state index is 5.33. The van der Waals surface area contributed by atoms with Crippen molar-refractivity contribution in [2.24, 2.45) is 0 Å². The first kappa shape index (κ1) is 12.4. The highest BCUT2D eigenvalue weighted by molar-refractivity contribution is 5.86. The Hall–Kier alpha value is -2.63. The van der Waals surface area contributed by atoms with E-state index < -0.39 is 0 Å². The van der Waals surface area contributed by atoms with Gasteiger partial charge < -0.3 is 10.1 Å². The first-order chi connectivity index (χ1) is 9.79. The molecule has 0 spiro atoms. The number of aromatic amines is 1. The Morgan fingerprint density at radius 2 is 2.05 bits per heavy atom.